The summed E-state index contributed by atoms with van der Waals surface area (Å²) in [7, 11) is -1.20. The highest BCUT2D eigenvalue weighted by Crippen LogP contribution is 2.48. The van der Waals surface area contributed by atoms with Crippen LogP contribution in [-0.2, 0) is 17.1 Å². The van der Waals surface area contributed by atoms with Gasteiger partial charge in [0.25, 0.3) is 0 Å². The van der Waals surface area contributed by atoms with E-state index in [2.05, 4.69) is 29.7 Å². The quantitative estimate of drug-likeness (QED) is 0.417. The van der Waals surface area contributed by atoms with E-state index in [1.54, 1.807) is 16.8 Å². The summed E-state index contributed by atoms with van der Waals surface area (Å²) in [6.45, 7) is 7.92. The van der Waals surface area contributed by atoms with Gasteiger partial charge >= 0.3 is 0 Å². The normalized spacial score (nSPS) is 16.0. The van der Waals surface area contributed by atoms with Crippen LogP contribution in [0.4, 0.5) is 8.78 Å². The molecule has 30 heavy (non-hydrogen) atoms. The monoisotopic (exact) mass is 436 g/mol. The van der Waals surface area contributed by atoms with Crippen molar-refractivity contribution in [3.63, 3.8) is 0 Å². The minimum atomic E-state index is -1.42. The average molecular weight is 437 g/mol. The highest BCUT2D eigenvalue weighted by Gasteiger charge is 2.49. The molecule has 6 nitrogen and oxygen atoms in total. The van der Waals surface area contributed by atoms with Crippen LogP contribution in [0.3, 0.4) is 0 Å². The number of hydrogen-bond donors (Lipinski definition) is 1. The van der Waals surface area contributed by atoms with Crippen molar-refractivity contribution in [2.45, 2.75) is 50.9 Å². The van der Waals surface area contributed by atoms with Crippen molar-refractivity contribution in [2.24, 2.45) is 5.73 Å². The van der Waals surface area contributed by atoms with Crippen molar-refractivity contribution in [2.75, 3.05) is 19.8 Å². The lowest BCUT2D eigenvalue weighted by Crippen LogP contribution is -2.22. The lowest BCUT2D eigenvalue weighted by atomic mass is 10.2. The van der Waals surface area contributed by atoms with Crippen LogP contribution in [0.15, 0.2) is 36.2 Å². The molecular formula is C21H30F2N4O2Si. The molecule has 1 heterocycles. The number of ether oxygens (including phenoxy) is 2. The number of nitrogens with two attached hydrogens (primary N) is 1. The number of nitrogens with zero attached hydrogens (tertiary/aromatic N) is 3. The average Bonchev–Trinajstić information content (AvgIpc) is 3.31. The molecule has 9 heteroatoms. The summed E-state index contributed by atoms with van der Waals surface area (Å²) in [6.07, 6.45) is 1.36. The Morgan fingerprint density at radius 3 is 2.53 bits per heavy atom. The van der Waals surface area contributed by atoms with E-state index in [0.29, 0.717) is 42.9 Å². The molecular weight excluding hydrogens is 406 g/mol. The van der Waals surface area contributed by atoms with Gasteiger partial charge in [-0.15, -0.1) is 5.10 Å². The molecule has 1 saturated carbocycles. The fraction of sp³-hybridized carbons (Fsp3) is 0.524. The second-order valence-corrected chi connectivity index (χ2v) is 14.5. The summed E-state index contributed by atoms with van der Waals surface area (Å²) in [5, 5.41) is 4.38. The lowest BCUT2D eigenvalue weighted by Gasteiger charge is -2.15. The number of aromatic nitrogens is 3. The van der Waals surface area contributed by atoms with Gasteiger partial charge in [0.15, 0.2) is 17.3 Å². The third-order valence-corrected chi connectivity index (χ3v) is 6.63. The Balaban J connectivity index is 1.72. The number of hydrogen-bond acceptors (Lipinski definition) is 5. The Bertz CT molecular complexity index is 874. The first-order chi connectivity index (χ1) is 14.2. The Morgan fingerprint density at radius 1 is 1.27 bits per heavy atom. The Morgan fingerprint density at radius 2 is 1.97 bits per heavy atom. The lowest BCUT2D eigenvalue weighted by molar-refractivity contribution is 0.0788. The Hall–Kier alpha value is -2.10. The van der Waals surface area contributed by atoms with Gasteiger partial charge in [0.05, 0.1) is 6.33 Å². The minimum Gasteiger partial charge on any atom is -0.489 e. The van der Waals surface area contributed by atoms with Crippen LogP contribution in [0.2, 0.25) is 25.7 Å². The van der Waals surface area contributed by atoms with Gasteiger partial charge in [-0.25, -0.2) is 18.4 Å². The molecule has 0 atom stereocenters. The SMILES string of the molecule is C[Si](C)(C)CCOCn1nc(C2(F)CC2)nc1-c1ccc(OC/C(=C/F)CN)cc1. The van der Waals surface area contributed by atoms with E-state index < -0.39 is 13.7 Å². The summed E-state index contributed by atoms with van der Waals surface area (Å²) in [5.74, 6) is 1.35. The van der Waals surface area contributed by atoms with E-state index in [0.717, 1.165) is 11.6 Å². The van der Waals surface area contributed by atoms with Gasteiger partial charge in [-0.2, -0.15) is 0 Å². The Kier molecular flexibility index (Phi) is 7.05. The van der Waals surface area contributed by atoms with Crippen LogP contribution in [0, 0.1) is 0 Å². The predicted molar refractivity (Wildman–Crippen MR) is 115 cm³/mol. The van der Waals surface area contributed by atoms with Gasteiger partial charge in [0, 0.05) is 32.4 Å². The molecule has 0 amide bonds. The van der Waals surface area contributed by atoms with Gasteiger partial charge in [0.1, 0.15) is 19.1 Å². The van der Waals surface area contributed by atoms with Crippen molar-refractivity contribution < 1.29 is 18.3 Å². The molecule has 0 saturated heterocycles. The molecule has 0 aliphatic heterocycles. The van der Waals surface area contributed by atoms with Crippen LogP contribution >= 0.6 is 0 Å². The second kappa shape index (κ2) is 9.36. The molecule has 1 fully saturated rings. The Labute approximate surface area is 177 Å². The van der Waals surface area contributed by atoms with E-state index in [1.807, 2.05) is 12.1 Å². The highest BCUT2D eigenvalue weighted by atomic mass is 28.3. The van der Waals surface area contributed by atoms with Crippen molar-refractivity contribution in [1.82, 2.24) is 14.8 Å². The molecule has 0 unspecified atom stereocenters. The number of rotatable bonds is 11. The highest BCUT2D eigenvalue weighted by molar-refractivity contribution is 6.76. The zero-order valence-corrected chi connectivity index (χ0v) is 18.8. The fourth-order valence-corrected chi connectivity index (χ4v) is 3.47. The summed E-state index contributed by atoms with van der Waals surface area (Å²) >= 11 is 0. The first-order valence-corrected chi connectivity index (χ1v) is 13.9. The van der Waals surface area contributed by atoms with Crippen molar-refractivity contribution >= 4 is 8.07 Å². The molecule has 0 bridgehead atoms. The summed E-state index contributed by atoms with van der Waals surface area (Å²) < 4.78 is 40.1. The van der Waals surface area contributed by atoms with Gasteiger partial charge in [-0.05, 0) is 43.2 Å². The molecule has 1 aromatic carbocycles. The van der Waals surface area contributed by atoms with Gasteiger partial charge in [-0.3, -0.25) is 0 Å². The van der Waals surface area contributed by atoms with Gasteiger partial charge < -0.3 is 15.2 Å². The van der Waals surface area contributed by atoms with E-state index >= 15 is 0 Å². The number of benzene rings is 1. The van der Waals surface area contributed by atoms with E-state index in [9.17, 15) is 8.78 Å². The van der Waals surface area contributed by atoms with Crippen LogP contribution in [0.5, 0.6) is 5.75 Å². The van der Waals surface area contributed by atoms with Crippen LogP contribution in [0.1, 0.15) is 18.7 Å². The smallest absolute Gasteiger partial charge is 0.188 e. The summed E-state index contributed by atoms with van der Waals surface area (Å²) in [6, 6.07) is 8.20. The van der Waals surface area contributed by atoms with Crippen LogP contribution in [0.25, 0.3) is 11.4 Å². The molecule has 164 valence electrons. The minimum absolute atomic E-state index is 0.0853. The molecule has 0 radical (unpaired) electrons. The topological polar surface area (TPSA) is 75.2 Å². The molecule has 3 rings (SSSR count). The van der Waals surface area contributed by atoms with E-state index in [-0.39, 0.29) is 25.7 Å². The van der Waals surface area contributed by atoms with Crippen molar-refractivity contribution in [3.05, 3.63) is 42.0 Å². The maximum atomic E-state index is 14.6. The molecule has 1 aliphatic rings. The maximum Gasteiger partial charge on any atom is 0.188 e. The van der Waals surface area contributed by atoms with Gasteiger partial charge in [-0.1, -0.05) is 19.6 Å². The van der Waals surface area contributed by atoms with Crippen LogP contribution < -0.4 is 10.5 Å². The standard InChI is InChI=1S/C21H30F2N4O2Si/c1-30(2,3)11-10-28-15-27-19(25-20(26-27)21(23)8-9-21)17-4-6-18(7-5-17)29-14-16(12-22)13-24/h4-7,12H,8-11,13-15,24H2,1-3H3/b16-12+. The number of halogens is 2. The molecule has 1 aliphatic carbocycles. The third-order valence-electron chi connectivity index (χ3n) is 4.92. The van der Waals surface area contributed by atoms with Crippen molar-refractivity contribution in [1.29, 1.82) is 0 Å². The van der Waals surface area contributed by atoms with E-state index in [1.165, 1.54) is 0 Å². The molecule has 2 N–H and O–H groups in total. The van der Waals surface area contributed by atoms with E-state index in [4.69, 9.17) is 15.2 Å². The number of alkyl halides is 1. The largest absolute Gasteiger partial charge is 0.489 e. The zero-order valence-electron chi connectivity index (χ0n) is 17.8. The second-order valence-electron chi connectivity index (χ2n) is 8.86. The van der Waals surface area contributed by atoms with Gasteiger partial charge in [0.2, 0.25) is 0 Å². The van der Waals surface area contributed by atoms with Crippen LogP contribution in [-0.4, -0.2) is 42.6 Å². The zero-order chi connectivity index (χ0) is 21.8. The molecule has 1 aromatic heterocycles. The predicted octanol–water partition coefficient (Wildman–Crippen LogP) is 4.41. The third kappa shape index (κ3) is 5.96. The summed E-state index contributed by atoms with van der Waals surface area (Å²) in [5.41, 5.74) is 5.16. The molecule has 2 aromatic rings. The first kappa shape index (κ1) is 22.6. The molecule has 0 spiro atoms. The maximum absolute atomic E-state index is 14.6. The fourth-order valence-electron chi connectivity index (χ4n) is 2.71. The van der Waals surface area contributed by atoms with Crippen molar-refractivity contribution in [3.8, 4) is 17.1 Å². The first-order valence-electron chi connectivity index (χ1n) is 10.2. The summed E-state index contributed by atoms with van der Waals surface area (Å²) in [4.78, 5) is 4.46.